The van der Waals surface area contributed by atoms with Crippen LogP contribution in [0.5, 0.6) is 0 Å². The fraction of sp³-hybridized carbons (Fsp3) is 0.857. The Hall–Kier alpha value is -1.30. The number of amides is 2. The summed E-state index contributed by atoms with van der Waals surface area (Å²) in [5.41, 5.74) is 5.36. The summed E-state index contributed by atoms with van der Waals surface area (Å²) in [5, 5.41) is 3.50. The molecule has 0 bridgehead atoms. The lowest BCUT2D eigenvalue weighted by atomic mass is 9.94. The zero-order valence-corrected chi connectivity index (χ0v) is 12.1. The molecule has 114 valence electrons. The van der Waals surface area contributed by atoms with Gasteiger partial charge in [-0.15, -0.1) is 0 Å². The second-order valence-electron chi connectivity index (χ2n) is 5.95. The van der Waals surface area contributed by atoms with Crippen molar-refractivity contribution in [2.45, 2.75) is 38.1 Å². The van der Waals surface area contributed by atoms with Gasteiger partial charge in [0.25, 0.3) is 0 Å². The van der Waals surface area contributed by atoms with E-state index in [1.807, 2.05) is 0 Å². The number of carbonyl (C=O) groups excluding carboxylic acids is 2. The zero-order valence-electron chi connectivity index (χ0n) is 12.1. The number of esters is 1. The minimum atomic E-state index is -0.466. The SMILES string of the molecule is COC(=O)C1CC(NCC2CCCC2)CN(C(N)=O)C1. The number of rotatable bonds is 4. The molecule has 6 nitrogen and oxygen atoms in total. The number of nitrogens with two attached hydrogens (primary N) is 1. The molecule has 1 saturated carbocycles. The van der Waals surface area contributed by atoms with Gasteiger partial charge in [-0.3, -0.25) is 4.79 Å². The van der Waals surface area contributed by atoms with Gasteiger partial charge in [0, 0.05) is 19.1 Å². The molecule has 0 aromatic carbocycles. The van der Waals surface area contributed by atoms with Crippen LogP contribution in [0.25, 0.3) is 0 Å². The first-order chi connectivity index (χ1) is 9.60. The van der Waals surface area contributed by atoms with Crippen LogP contribution in [0.3, 0.4) is 0 Å². The van der Waals surface area contributed by atoms with E-state index in [4.69, 9.17) is 10.5 Å². The van der Waals surface area contributed by atoms with Gasteiger partial charge >= 0.3 is 12.0 Å². The van der Waals surface area contributed by atoms with Gasteiger partial charge in [-0.05, 0) is 31.7 Å². The van der Waals surface area contributed by atoms with E-state index in [2.05, 4.69) is 5.32 Å². The summed E-state index contributed by atoms with van der Waals surface area (Å²) in [4.78, 5) is 24.6. The summed E-state index contributed by atoms with van der Waals surface area (Å²) < 4.78 is 4.80. The lowest BCUT2D eigenvalue weighted by molar-refractivity contribution is -0.147. The Balaban J connectivity index is 1.88. The van der Waals surface area contributed by atoms with Gasteiger partial charge < -0.3 is 20.7 Å². The Morgan fingerprint density at radius 2 is 2.00 bits per heavy atom. The molecule has 1 aliphatic carbocycles. The zero-order chi connectivity index (χ0) is 14.5. The minimum Gasteiger partial charge on any atom is -0.469 e. The van der Waals surface area contributed by atoms with Gasteiger partial charge in [-0.1, -0.05) is 12.8 Å². The highest BCUT2D eigenvalue weighted by Crippen LogP contribution is 2.25. The number of likely N-dealkylation sites (tertiary alicyclic amines) is 1. The Kier molecular flexibility index (Phi) is 5.23. The molecule has 1 heterocycles. The van der Waals surface area contributed by atoms with Gasteiger partial charge in [-0.25, -0.2) is 4.79 Å². The van der Waals surface area contributed by atoms with Crippen molar-refractivity contribution in [2.75, 3.05) is 26.7 Å². The third kappa shape index (κ3) is 3.85. The second kappa shape index (κ2) is 6.92. The van der Waals surface area contributed by atoms with Crippen molar-refractivity contribution in [1.82, 2.24) is 10.2 Å². The molecule has 2 aliphatic rings. The van der Waals surface area contributed by atoms with E-state index in [-0.39, 0.29) is 17.9 Å². The van der Waals surface area contributed by atoms with E-state index < -0.39 is 6.03 Å². The molecule has 6 heteroatoms. The first-order valence-electron chi connectivity index (χ1n) is 7.45. The maximum absolute atomic E-state index is 11.7. The fourth-order valence-electron chi connectivity index (χ4n) is 3.31. The summed E-state index contributed by atoms with van der Waals surface area (Å²) in [6.07, 6.45) is 5.90. The van der Waals surface area contributed by atoms with Crippen LogP contribution in [0.1, 0.15) is 32.1 Å². The largest absolute Gasteiger partial charge is 0.469 e. The van der Waals surface area contributed by atoms with E-state index in [1.165, 1.54) is 37.7 Å². The van der Waals surface area contributed by atoms with Gasteiger partial charge in [0.05, 0.1) is 13.0 Å². The number of methoxy groups -OCH3 is 1. The third-order valence-corrected chi connectivity index (χ3v) is 4.47. The van der Waals surface area contributed by atoms with Crippen molar-refractivity contribution in [3.05, 3.63) is 0 Å². The lowest BCUT2D eigenvalue weighted by Crippen LogP contribution is -2.54. The van der Waals surface area contributed by atoms with Crippen LogP contribution in [0.4, 0.5) is 4.79 Å². The molecule has 3 N–H and O–H groups in total. The van der Waals surface area contributed by atoms with Crippen molar-refractivity contribution in [3.63, 3.8) is 0 Å². The van der Waals surface area contributed by atoms with E-state index in [9.17, 15) is 9.59 Å². The predicted octanol–water partition coefficient (Wildman–Crippen LogP) is 0.708. The highest BCUT2D eigenvalue weighted by Gasteiger charge is 2.33. The van der Waals surface area contributed by atoms with Crippen molar-refractivity contribution in [1.29, 1.82) is 0 Å². The molecule has 2 rings (SSSR count). The maximum Gasteiger partial charge on any atom is 0.314 e. The third-order valence-electron chi connectivity index (χ3n) is 4.47. The van der Waals surface area contributed by atoms with E-state index in [1.54, 1.807) is 0 Å². The van der Waals surface area contributed by atoms with Crippen LogP contribution in [0.15, 0.2) is 0 Å². The average molecular weight is 283 g/mol. The number of ether oxygens (including phenoxy) is 1. The van der Waals surface area contributed by atoms with Gasteiger partial charge in [0.2, 0.25) is 0 Å². The number of nitrogens with zero attached hydrogens (tertiary/aromatic N) is 1. The molecule has 20 heavy (non-hydrogen) atoms. The molecule has 2 atom stereocenters. The number of nitrogens with one attached hydrogen (secondary N) is 1. The van der Waals surface area contributed by atoms with Crippen molar-refractivity contribution >= 4 is 12.0 Å². The van der Waals surface area contributed by atoms with Crippen LogP contribution in [0, 0.1) is 11.8 Å². The Labute approximate surface area is 120 Å². The molecule has 0 aromatic heterocycles. The number of hydrogen-bond donors (Lipinski definition) is 2. The molecule has 0 radical (unpaired) electrons. The number of urea groups is 1. The van der Waals surface area contributed by atoms with Crippen LogP contribution in [0.2, 0.25) is 0 Å². The number of piperidine rings is 1. The molecule has 0 spiro atoms. The molecular formula is C14H25N3O3. The van der Waals surface area contributed by atoms with Crippen molar-refractivity contribution in [2.24, 2.45) is 17.6 Å². The van der Waals surface area contributed by atoms with Crippen LogP contribution < -0.4 is 11.1 Å². The molecule has 2 unspecified atom stereocenters. The Morgan fingerprint density at radius 3 is 2.60 bits per heavy atom. The maximum atomic E-state index is 11.7. The molecule has 1 saturated heterocycles. The normalized spacial score (nSPS) is 27.6. The van der Waals surface area contributed by atoms with Crippen LogP contribution in [-0.2, 0) is 9.53 Å². The number of carbonyl (C=O) groups is 2. The fourth-order valence-corrected chi connectivity index (χ4v) is 3.31. The van der Waals surface area contributed by atoms with Gasteiger partial charge in [0.1, 0.15) is 0 Å². The van der Waals surface area contributed by atoms with Crippen LogP contribution in [-0.4, -0.2) is 49.7 Å². The van der Waals surface area contributed by atoms with Gasteiger partial charge in [0.15, 0.2) is 0 Å². The highest BCUT2D eigenvalue weighted by atomic mass is 16.5. The average Bonchev–Trinajstić information content (AvgIpc) is 2.97. The summed E-state index contributed by atoms with van der Waals surface area (Å²) in [6, 6.07) is -0.341. The molecule has 2 fully saturated rings. The molecule has 2 amide bonds. The molecule has 1 aliphatic heterocycles. The summed E-state index contributed by atoms with van der Waals surface area (Å²) in [6.45, 7) is 1.91. The molecular weight excluding hydrogens is 258 g/mol. The molecule has 0 aromatic rings. The highest BCUT2D eigenvalue weighted by molar-refractivity contribution is 5.76. The standard InChI is InChI=1S/C14H25N3O3/c1-20-13(18)11-6-12(9-17(8-11)14(15)19)16-7-10-4-2-3-5-10/h10-12,16H,2-9H2,1H3,(H2,15,19). The lowest BCUT2D eigenvalue weighted by Gasteiger charge is -2.36. The smallest absolute Gasteiger partial charge is 0.314 e. The summed E-state index contributed by atoms with van der Waals surface area (Å²) >= 11 is 0. The van der Waals surface area contributed by atoms with Crippen LogP contribution >= 0.6 is 0 Å². The minimum absolute atomic E-state index is 0.126. The topological polar surface area (TPSA) is 84.7 Å². The Bertz CT molecular complexity index is 356. The van der Waals surface area contributed by atoms with E-state index >= 15 is 0 Å². The van der Waals surface area contributed by atoms with E-state index in [0.717, 1.165) is 12.5 Å². The summed E-state index contributed by atoms with van der Waals surface area (Å²) in [5.74, 6) is 0.196. The van der Waals surface area contributed by atoms with Gasteiger partial charge in [-0.2, -0.15) is 0 Å². The van der Waals surface area contributed by atoms with Crippen molar-refractivity contribution in [3.8, 4) is 0 Å². The Morgan fingerprint density at radius 1 is 1.30 bits per heavy atom. The monoisotopic (exact) mass is 283 g/mol. The second-order valence-corrected chi connectivity index (χ2v) is 5.95. The summed E-state index contributed by atoms with van der Waals surface area (Å²) in [7, 11) is 1.38. The predicted molar refractivity (Wildman–Crippen MR) is 75.0 cm³/mol. The van der Waals surface area contributed by atoms with Crippen molar-refractivity contribution < 1.29 is 14.3 Å². The first kappa shape index (κ1) is 15.1. The number of primary amides is 1. The van der Waals surface area contributed by atoms with E-state index in [0.29, 0.717) is 19.5 Å². The quantitative estimate of drug-likeness (QED) is 0.744. The number of hydrogen-bond acceptors (Lipinski definition) is 4. The first-order valence-corrected chi connectivity index (χ1v) is 7.45.